The maximum atomic E-state index is 16.8. The fourth-order valence-corrected chi connectivity index (χ4v) is 6.86. The van der Waals surface area contributed by atoms with Crippen molar-refractivity contribution in [3.8, 4) is 17.3 Å². The third-order valence-corrected chi connectivity index (χ3v) is 9.48. The molecule has 2 aliphatic heterocycles. The Morgan fingerprint density at radius 1 is 1.12 bits per heavy atom. The predicted octanol–water partition coefficient (Wildman–Crippen LogP) is 5.11. The van der Waals surface area contributed by atoms with Gasteiger partial charge in [-0.05, 0) is 96.0 Å². The van der Waals surface area contributed by atoms with Gasteiger partial charge in [0.1, 0.15) is 23.6 Å². The largest absolute Gasteiger partial charge is 0.461 e. The first kappa shape index (κ1) is 26.5. The second kappa shape index (κ2) is 9.59. The van der Waals surface area contributed by atoms with E-state index in [1.54, 1.807) is 12.4 Å². The highest BCUT2D eigenvalue weighted by molar-refractivity contribution is 5.99. The van der Waals surface area contributed by atoms with E-state index in [0.717, 1.165) is 66.2 Å². The number of hydrogen-bond acceptors (Lipinski definition) is 8. The molecule has 1 saturated carbocycles. The van der Waals surface area contributed by atoms with Crippen molar-refractivity contribution in [3.63, 3.8) is 0 Å². The summed E-state index contributed by atoms with van der Waals surface area (Å²) in [5.41, 5.74) is 3.36. The van der Waals surface area contributed by atoms with Crippen molar-refractivity contribution in [1.29, 1.82) is 0 Å². The molecule has 10 heteroatoms. The molecule has 4 aromatic rings. The van der Waals surface area contributed by atoms with Crippen LogP contribution in [-0.4, -0.2) is 79.6 Å². The lowest BCUT2D eigenvalue weighted by atomic mass is 9.92. The highest BCUT2D eigenvalue weighted by Crippen LogP contribution is 2.49. The first-order valence-corrected chi connectivity index (χ1v) is 14.8. The fraction of sp³-hybridized carbons (Fsp3) is 0.548. The monoisotopic (exact) mass is 559 g/mol. The summed E-state index contributed by atoms with van der Waals surface area (Å²) in [7, 11) is 2.10. The molecule has 41 heavy (non-hydrogen) atoms. The number of hydrogen-bond donors (Lipinski definition) is 2. The van der Waals surface area contributed by atoms with Crippen molar-refractivity contribution in [3.05, 3.63) is 35.4 Å². The Balaban J connectivity index is 1.39. The van der Waals surface area contributed by atoms with E-state index in [9.17, 15) is 5.11 Å². The minimum atomic E-state index is -0.865. The zero-order valence-electron chi connectivity index (χ0n) is 24.3. The van der Waals surface area contributed by atoms with E-state index in [1.807, 2.05) is 11.8 Å². The van der Waals surface area contributed by atoms with Crippen LogP contribution in [0.5, 0.6) is 6.01 Å². The van der Waals surface area contributed by atoms with Gasteiger partial charge in [0, 0.05) is 30.2 Å². The Morgan fingerprint density at radius 2 is 1.93 bits per heavy atom. The van der Waals surface area contributed by atoms with Crippen molar-refractivity contribution in [2.75, 3.05) is 38.2 Å². The van der Waals surface area contributed by atoms with Crippen LogP contribution >= 0.6 is 0 Å². The topological polar surface area (TPSA) is 103 Å². The number of β-amino-alcohol motifs (C(OH)–C–C–N with tert-alkyl or cyclic N) is 1. The Kier molecular flexibility index (Phi) is 6.20. The standard InChI is InChI=1S/C31H38FN7O2/c1-18-13-22-20(15-34-37-22)24(23(18)19-7-8-19)27-25(32)26-21(14-33-27)28(39-12-6-10-31(3,40)16-39)36-29(35-26)41-17-30(2)9-5-11-38(30)4/h13-15,19,40H,5-12,16-17H2,1-4H3,(H,34,37)/t30?,31-/m1/s1. The van der Waals surface area contributed by atoms with Gasteiger partial charge in [-0.2, -0.15) is 15.1 Å². The molecule has 2 atom stereocenters. The quantitative estimate of drug-likeness (QED) is 0.336. The molecular formula is C31H38FN7O2. The first-order chi connectivity index (χ1) is 19.6. The van der Waals surface area contributed by atoms with Crippen LogP contribution in [0.4, 0.5) is 10.2 Å². The molecule has 3 aromatic heterocycles. The predicted molar refractivity (Wildman–Crippen MR) is 157 cm³/mol. The van der Waals surface area contributed by atoms with Crippen molar-refractivity contribution >= 4 is 27.6 Å². The molecule has 0 spiro atoms. The molecule has 9 nitrogen and oxygen atoms in total. The number of benzene rings is 1. The Labute approximate surface area is 239 Å². The number of piperidine rings is 1. The van der Waals surface area contributed by atoms with E-state index in [-0.39, 0.29) is 22.8 Å². The maximum Gasteiger partial charge on any atom is 0.319 e. The summed E-state index contributed by atoms with van der Waals surface area (Å²) in [6.07, 6.45) is 9.24. The van der Waals surface area contributed by atoms with Crippen molar-refractivity contribution in [1.82, 2.24) is 30.0 Å². The fourth-order valence-electron chi connectivity index (χ4n) is 6.86. The van der Waals surface area contributed by atoms with E-state index in [1.165, 1.54) is 0 Å². The van der Waals surface area contributed by atoms with Crippen LogP contribution in [0, 0.1) is 12.7 Å². The Hall–Kier alpha value is -3.37. The number of ether oxygens (including phenoxy) is 1. The second-order valence-corrected chi connectivity index (χ2v) is 12.9. The van der Waals surface area contributed by atoms with Crippen LogP contribution in [0.3, 0.4) is 0 Å². The summed E-state index contributed by atoms with van der Waals surface area (Å²) in [5.74, 6) is 0.452. The number of aryl methyl sites for hydroxylation is 1. The minimum Gasteiger partial charge on any atom is -0.461 e. The number of pyridine rings is 1. The van der Waals surface area contributed by atoms with Gasteiger partial charge in [-0.3, -0.25) is 15.0 Å². The number of rotatable bonds is 6. The highest BCUT2D eigenvalue weighted by Gasteiger charge is 2.36. The van der Waals surface area contributed by atoms with Crippen LogP contribution in [-0.2, 0) is 0 Å². The molecule has 3 aliphatic rings. The summed E-state index contributed by atoms with van der Waals surface area (Å²) in [4.78, 5) is 18.5. The molecule has 1 aliphatic carbocycles. The molecule has 1 aromatic carbocycles. The maximum absolute atomic E-state index is 16.8. The molecular weight excluding hydrogens is 521 g/mol. The lowest BCUT2D eigenvalue weighted by Crippen LogP contribution is -2.46. The van der Waals surface area contributed by atoms with Crippen molar-refractivity contribution < 1.29 is 14.2 Å². The van der Waals surface area contributed by atoms with Gasteiger partial charge in [-0.15, -0.1) is 0 Å². The van der Waals surface area contributed by atoms with Gasteiger partial charge in [0.05, 0.1) is 28.2 Å². The van der Waals surface area contributed by atoms with Gasteiger partial charge in [0.25, 0.3) is 0 Å². The number of anilines is 1. The third kappa shape index (κ3) is 4.61. The van der Waals surface area contributed by atoms with Gasteiger partial charge in [-0.1, -0.05) is 0 Å². The summed E-state index contributed by atoms with van der Waals surface area (Å²) in [6.45, 7) is 8.60. The van der Waals surface area contributed by atoms with Crippen LogP contribution in [0.25, 0.3) is 33.1 Å². The molecule has 0 bridgehead atoms. The lowest BCUT2D eigenvalue weighted by molar-refractivity contribution is 0.0447. The van der Waals surface area contributed by atoms with E-state index < -0.39 is 11.4 Å². The summed E-state index contributed by atoms with van der Waals surface area (Å²) >= 11 is 0. The number of aromatic nitrogens is 5. The number of nitrogens with one attached hydrogen (secondary N) is 1. The zero-order chi connectivity index (χ0) is 28.5. The van der Waals surface area contributed by atoms with Crippen LogP contribution in [0.15, 0.2) is 18.5 Å². The SMILES string of the molecule is Cc1cc2[nH]ncc2c(-c2ncc3c(N4CCC[C@@](C)(O)C4)nc(OCC4(C)CCCN4C)nc3c2F)c1C1CC1. The molecule has 0 amide bonds. The highest BCUT2D eigenvalue weighted by atomic mass is 19.1. The van der Waals surface area contributed by atoms with Gasteiger partial charge in [-0.25, -0.2) is 4.39 Å². The number of likely N-dealkylation sites (N-methyl/N-ethyl adjacent to an activating group) is 1. The molecule has 216 valence electrons. The number of nitrogens with zero attached hydrogens (tertiary/aromatic N) is 6. The number of likely N-dealkylation sites (tertiary alicyclic amines) is 1. The van der Waals surface area contributed by atoms with Gasteiger partial charge in [0.2, 0.25) is 0 Å². The number of aliphatic hydroxyl groups is 1. The van der Waals surface area contributed by atoms with E-state index in [4.69, 9.17) is 14.7 Å². The molecule has 2 saturated heterocycles. The molecule has 5 heterocycles. The zero-order valence-corrected chi connectivity index (χ0v) is 24.3. The van der Waals surface area contributed by atoms with E-state index in [0.29, 0.717) is 43.2 Å². The Bertz CT molecular complexity index is 1650. The lowest BCUT2D eigenvalue weighted by Gasteiger charge is -2.38. The average Bonchev–Trinajstić information content (AvgIpc) is 3.57. The number of H-pyrrole nitrogens is 1. The normalized spacial score (nSPS) is 25.5. The van der Waals surface area contributed by atoms with Crippen molar-refractivity contribution in [2.24, 2.45) is 0 Å². The minimum absolute atomic E-state index is 0.136. The van der Waals surface area contributed by atoms with Gasteiger partial charge in [0.15, 0.2) is 5.82 Å². The molecule has 3 fully saturated rings. The number of fused-ring (bicyclic) bond motifs is 2. The van der Waals surface area contributed by atoms with Crippen LogP contribution in [0.2, 0.25) is 0 Å². The second-order valence-electron chi connectivity index (χ2n) is 12.9. The average molecular weight is 560 g/mol. The van der Waals surface area contributed by atoms with Gasteiger partial charge < -0.3 is 14.7 Å². The third-order valence-electron chi connectivity index (χ3n) is 9.48. The summed E-state index contributed by atoms with van der Waals surface area (Å²) in [6, 6.07) is 2.24. The smallest absolute Gasteiger partial charge is 0.319 e. The molecule has 2 N–H and O–H groups in total. The first-order valence-electron chi connectivity index (χ1n) is 14.8. The summed E-state index contributed by atoms with van der Waals surface area (Å²) < 4.78 is 23.1. The van der Waals surface area contributed by atoms with E-state index >= 15 is 4.39 Å². The molecule has 7 rings (SSSR count). The molecule has 0 radical (unpaired) electrons. The van der Waals surface area contributed by atoms with Crippen LogP contribution in [0.1, 0.15) is 69.4 Å². The van der Waals surface area contributed by atoms with E-state index in [2.05, 4.69) is 47.0 Å². The van der Waals surface area contributed by atoms with Crippen LogP contribution < -0.4 is 9.64 Å². The molecule has 1 unspecified atom stereocenters. The number of aromatic amines is 1. The number of halogens is 1. The van der Waals surface area contributed by atoms with Crippen molar-refractivity contribution in [2.45, 2.75) is 76.4 Å². The Morgan fingerprint density at radius 3 is 2.66 bits per heavy atom. The summed E-state index contributed by atoms with van der Waals surface area (Å²) in [5, 5.41) is 19.6. The van der Waals surface area contributed by atoms with Gasteiger partial charge >= 0.3 is 6.01 Å².